The number of rotatable bonds is 23. The van der Waals surface area contributed by atoms with E-state index in [2.05, 4.69) is 25.2 Å². The number of aliphatic hydroxyl groups is 2. The molecule has 0 radical (unpaired) electrons. The smallest absolute Gasteiger partial charge is 0.220 e. The number of unbranched alkanes of at least 4 members (excludes halogenated alkanes) is 15. The molecule has 0 aliphatic rings. The molecular weight excluding hydrogens is 398 g/mol. The molecule has 32 heavy (non-hydrogen) atoms. The first-order valence-electron chi connectivity index (χ1n) is 13.6. The number of aliphatic hydroxyl groups excluding tert-OH is 2. The first kappa shape index (κ1) is 30.9. The standard InChI is InChI=1S/C28H53NO3/c1-3-5-7-9-11-13-14-16-18-20-22-24-28(32)29-26(25-30)27(31)23-21-19-17-15-12-10-8-6-4-2/h17,19,21,23,26-27,30-31H,3-16,18,20,22,24-25H2,1-2H3,(H,29,32)/b19-17+,23-21+/t26-,27+/m0/s1. The molecule has 0 fully saturated rings. The lowest BCUT2D eigenvalue weighted by atomic mass is 10.0. The Morgan fingerprint density at radius 1 is 0.750 bits per heavy atom. The molecule has 0 bridgehead atoms. The molecule has 0 aromatic rings. The second-order valence-corrected chi connectivity index (χ2v) is 9.15. The number of amides is 1. The Balaban J connectivity index is 3.79. The Morgan fingerprint density at radius 2 is 1.25 bits per heavy atom. The third-order valence-electron chi connectivity index (χ3n) is 5.99. The van der Waals surface area contributed by atoms with Gasteiger partial charge in [0.2, 0.25) is 5.91 Å². The van der Waals surface area contributed by atoms with Crippen molar-refractivity contribution in [3.8, 4) is 0 Å². The van der Waals surface area contributed by atoms with E-state index in [4.69, 9.17) is 0 Å². The van der Waals surface area contributed by atoms with Crippen molar-refractivity contribution < 1.29 is 15.0 Å². The summed E-state index contributed by atoms with van der Waals surface area (Å²) in [4.78, 5) is 12.1. The van der Waals surface area contributed by atoms with E-state index < -0.39 is 12.1 Å². The predicted octanol–water partition coefficient (Wildman–Crippen LogP) is 7.00. The van der Waals surface area contributed by atoms with Crippen LogP contribution in [0, 0.1) is 0 Å². The minimum atomic E-state index is -0.879. The molecule has 1 amide bonds. The van der Waals surface area contributed by atoms with E-state index in [0.29, 0.717) is 6.42 Å². The average Bonchev–Trinajstić information content (AvgIpc) is 2.79. The van der Waals surface area contributed by atoms with E-state index in [1.54, 1.807) is 12.2 Å². The van der Waals surface area contributed by atoms with Crippen LogP contribution >= 0.6 is 0 Å². The Kier molecular flexibility index (Phi) is 23.6. The molecule has 0 saturated carbocycles. The van der Waals surface area contributed by atoms with Crippen molar-refractivity contribution >= 4 is 5.91 Å². The highest BCUT2D eigenvalue weighted by atomic mass is 16.3. The van der Waals surface area contributed by atoms with E-state index >= 15 is 0 Å². The van der Waals surface area contributed by atoms with Gasteiger partial charge in [-0.3, -0.25) is 4.79 Å². The van der Waals surface area contributed by atoms with Crippen LogP contribution < -0.4 is 5.32 Å². The number of carbonyl (C=O) groups excluding carboxylic acids is 1. The zero-order chi connectivity index (χ0) is 23.7. The van der Waals surface area contributed by atoms with Gasteiger partial charge in [0.15, 0.2) is 0 Å². The van der Waals surface area contributed by atoms with E-state index in [-0.39, 0.29) is 12.5 Å². The summed E-state index contributed by atoms with van der Waals surface area (Å²) >= 11 is 0. The summed E-state index contributed by atoms with van der Waals surface area (Å²) in [5.74, 6) is -0.0879. The van der Waals surface area contributed by atoms with Crippen molar-refractivity contribution in [2.75, 3.05) is 6.61 Å². The fourth-order valence-electron chi connectivity index (χ4n) is 3.82. The second kappa shape index (κ2) is 24.5. The van der Waals surface area contributed by atoms with Gasteiger partial charge in [-0.2, -0.15) is 0 Å². The Labute approximate surface area is 199 Å². The van der Waals surface area contributed by atoms with E-state index in [1.165, 1.54) is 89.9 Å². The van der Waals surface area contributed by atoms with Crippen molar-refractivity contribution in [1.82, 2.24) is 5.32 Å². The fourth-order valence-corrected chi connectivity index (χ4v) is 3.82. The third kappa shape index (κ3) is 20.8. The molecule has 0 aromatic heterocycles. The first-order valence-corrected chi connectivity index (χ1v) is 13.6. The molecule has 4 nitrogen and oxygen atoms in total. The van der Waals surface area contributed by atoms with E-state index in [9.17, 15) is 15.0 Å². The first-order chi connectivity index (χ1) is 15.7. The van der Waals surface area contributed by atoms with Gasteiger partial charge in [0.25, 0.3) is 0 Å². The maximum Gasteiger partial charge on any atom is 0.220 e. The van der Waals surface area contributed by atoms with Crippen LogP contribution in [0.25, 0.3) is 0 Å². The molecule has 2 atom stereocenters. The zero-order valence-corrected chi connectivity index (χ0v) is 21.2. The number of nitrogens with one attached hydrogen (secondary N) is 1. The summed E-state index contributed by atoms with van der Waals surface area (Å²) < 4.78 is 0. The zero-order valence-electron chi connectivity index (χ0n) is 21.2. The minimum Gasteiger partial charge on any atom is -0.394 e. The van der Waals surface area contributed by atoms with Gasteiger partial charge in [-0.15, -0.1) is 0 Å². The molecule has 0 aliphatic carbocycles. The van der Waals surface area contributed by atoms with Gasteiger partial charge in [0, 0.05) is 6.42 Å². The topological polar surface area (TPSA) is 69.6 Å². The quantitative estimate of drug-likeness (QED) is 0.116. The van der Waals surface area contributed by atoms with Crippen LogP contribution in [0.3, 0.4) is 0 Å². The van der Waals surface area contributed by atoms with Gasteiger partial charge in [-0.05, 0) is 19.3 Å². The maximum atomic E-state index is 12.1. The van der Waals surface area contributed by atoms with Gasteiger partial charge < -0.3 is 15.5 Å². The highest BCUT2D eigenvalue weighted by Gasteiger charge is 2.17. The second-order valence-electron chi connectivity index (χ2n) is 9.15. The normalized spacial score (nSPS) is 13.8. The summed E-state index contributed by atoms with van der Waals surface area (Å²) in [6.45, 7) is 4.20. The molecule has 0 unspecified atom stereocenters. The summed E-state index contributed by atoms with van der Waals surface area (Å²) in [5.41, 5.74) is 0. The number of allylic oxidation sites excluding steroid dienone is 3. The van der Waals surface area contributed by atoms with Crippen LogP contribution in [0.4, 0.5) is 0 Å². The van der Waals surface area contributed by atoms with E-state index in [1.807, 2.05) is 6.08 Å². The van der Waals surface area contributed by atoms with Crippen molar-refractivity contribution in [2.45, 2.75) is 142 Å². The van der Waals surface area contributed by atoms with Crippen molar-refractivity contribution in [2.24, 2.45) is 0 Å². The van der Waals surface area contributed by atoms with Crippen molar-refractivity contribution in [1.29, 1.82) is 0 Å². The Hall–Kier alpha value is -1.13. The fraction of sp³-hybridized carbons (Fsp3) is 0.821. The molecule has 3 N–H and O–H groups in total. The summed E-state index contributed by atoms with van der Waals surface area (Å²) in [7, 11) is 0. The van der Waals surface area contributed by atoms with Gasteiger partial charge in [-0.25, -0.2) is 0 Å². The van der Waals surface area contributed by atoms with Crippen LogP contribution in [-0.4, -0.2) is 34.9 Å². The van der Waals surface area contributed by atoms with Crippen LogP contribution in [0.1, 0.15) is 129 Å². The minimum absolute atomic E-state index is 0.0879. The molecule has 0 rings (SSSR count). The number of carbonyl (C=O) groups is 1. The average molecular weight is 452 g/mol. The van der Waals surface area contributed by atoms with Crippen LogP contribution in [0.2, 0.25) is 0 Å². The molecule has 4 heteroatoms. The Morgan fingerprint density at radius 3 is 1.78 bits per heavy atom. The lowest BCUT2D eigenvalue weighted by molar-refractivity contribution is -0.123. The molecule has 0 saturated heterocycles. The molecule has 188 valence electrons. The monoisotopic (exact) mass is 451 g/mol. The molecule has 0 spiro atoms. The van der Waals surface area contributed by atoms with E-state index in [0.717, 1.165) is 19.3 Å². The van der Waals surface area contributed by atoms with Crippen LogP contribution in [0.15, 0.2) is 24.3 Å². The molecule has 0 aliphatic heterocycles. The number of hydrogen-bond donors (Lipinski definition) is 3. The Bertz CT molecular complexity index is 462. The highest BCUT2D eigenvalue weighted by molar-refractivity contribution is 5.76. The number of hydrogen-bond acceptors (Lipinski definition) is 3. The van der Waals surface area contributed by atoms with Crippen LogP contribution in [0.5, 0.6) is 0 Å². The molecule has 0 heterocycles. The van der Waals surface area contributed by atoms with Crippen molar-refractivity contribution in [3.63, 3.8) is 0 Å². The molecular formula is C28H53NO3. The largest absolute Gasteiger partial charge is 0.394 e. The highest BCUT2D eigenvalue weighted by Crippen LogP contribution is 2.12. The van der Waals surface area contributed by atoms with Gasteiger partial charge >= 0.3 is 0 Å². The lowest BCUT2D eigenvalue weighted by Gasteiger charge is -2.19. The SMILES string of the molecule is CCCCCCC/C=C/C=C/[C@@H](O)[C@H](CO)NC(=O)CCCCCCCCCCCCC. The lowest BCUT2D eigenvalue weighted by Crippen LogP contribution is -2.45. The third-order valence-corrected chi connectivity index (χ3v) is 5.99. The summed E-state index contributed by atoms with van der Waals surface area (Å²) in [5, 5.41) is 22.5. The summed E-state index contributed by atoms with van der Waals surface area (Å²) in [6, 6.07) is -0.645. The van der Waals surface area contributed by atoms with Crippen molar-refractivity contribution in [3.05, 3.63) is 24.3 Å². The van der Waals surface area contributed by atoms with Gasteiger partial charge in [0.05, 0.1) is 18.8 Å². The molecule has 0 aromatic carbocycles. The van der Waals surface area contributed by atoms with Gasteiger partial charge in [-0.1, -0.05) is 128 Å². The maximum absolute atomic E-state index is 12.1. The predicted molar refractivity (Wildman–Crippen MR) is 138 cm³/mol. The van der Waals surface area contributed by atoms with Crippen LogP contribution in [-0.2, 0) is 4.79 Å². The summed E-state index contributed by atoms with van der Waals surface area (Å²) in [6.07, 6.45) is 28.2. The van der Waals surface area contributed by atoms with Gasteiger partial charge in [0.1, 0.15) is 0 Å².